The third-order valence-electron chi connectivity index (χ3n) is 4.43. The molecule has 138 valence electrons. The van der Waals surface area contributed by atoms with Gasteiger partial charge in [0.1, 0.15) is 5.75 Å². The molecule has 0 radical (unpaired) electrons. The summed E-state index contributed by atoms with van der Waals surface area (Å²) in [6.07, 6.45) is 0.847. The fraction of sp³-hybridized carbons (Fsp3) is 0.208. The van der Waals surface area contributed by atoms with E-state index in [1.54, 1.807) is 0 Å². The van der Waals surface area contributed by atoms with Gasteiger partial charge >= 0.3 is 0 Å². The van der Waals surface area contributed by atoms with Crippen molar-refractivity contribution in [3.05, 3.63) is 95.6 Å². The van der Waals surface area contributed by atoms with Gasteiger partial charge in [-0.1, -0.05) is 62.4 Å². The highest BCUT2D eigenvalue weighted by atomic mass is 16.5. The fourth-order valence-electron chi connectivity index (χ4n) is 2.82. The topological polar surface area (TPSA) is 38.3 Å². The molecule has 3 nitrogen and oxygen atoms in total. The van der Waals surface area contributed by atoms with Crippen molar-refractivity contribution >= 4 is 11.6 Å². The van der Waals surface area contributed by atoms with Gasteiger partial charge < -0.3 is 10.1 Å². The van der Waals surface area contributed by atoms with Gasteiger partial charge in [-0.2, -0.15) is 0 Å². The van der Waals surface area contributed by atoms with Crippen LogP contribution in [0.4, 0.5) is 5.69 Å². The number of nitrogens with one attached hydrogen (secondary N) is 1. The molecule has 0 aliphatic heterocycles. The van der Waals surface area contributed by atoms with Crippen LogP contribution in [-0.2, 0) is 6.42 Å². The molecular formula is C24H25NO2. The SMILES string of the molecule is CC(C)c1ccc(C(=O)Nc2cccc(OCCc3ccccc3)c2)cc1. The van der Waals surface area contributed by atoms with Crippen LogP contribution in [0.25, 0.3) is 0 Å². The maximum Gasteiger partial charge on any atom is 0.255 e. The maximum atomic E-state index is 12.5. The minimum absolute atomic E-state index is 0.119. The summed E-state index contributed by atoms with van der Waals surface area (Å²) in [5.41, 5.74) is 3.84. The highest BCUT2D eigenvalue weighted by Gasteiger charge is 2.08. The molecule has 0 aromatic heterocycles. The molecule has 0 saturated carbocycles. The van der Waals surface area contributed by atoms with Crippen molar-refractivity contribution in [3.8, 4) is 5.75 Å². The molecule has 1 N–H and O–H groups in total. The molecule has 3 rings (SSSR count). The van der Waals surface area contributed by atoms with Crippen LogP contribution in [0.5, 0.6) is 5.75 Å². The summed E-state index contributed by atoms with van der Waals surface area (Å²) >= 11 is 0. The van der Waals surface area contributed by atoms with Crippen LogP contribution in [0.15, 0.2) is 78.9 Å². The van der Waals surface area contributed by atoms with Crippen LogP contribution >= 0.6 is 0 Å². The highest BCUT2D eigenvalue weighted by Crippen LogP contribution is 2.19. The van der Waals surface area contributed by atoms with Gasteiger partial charge in [0, 0.05) is 23.7 Å². The molecule has 0 unspecified atom stereocenters. The van der Waals surface area contributed by atoms with Crippen molar-refractivity contribution in [1.29, 1.82) is 0 Å². The average molecular weight is 359 g/mol. The lowest BCUT2D eigenvalue weighted by Gasteiger charge is -2.10. The summed E-state index contributed by atoms with van der Waals surface area (Å²) in [6, 6.07) is 25.5. The van der Waals surface area contributed by atoms with Gasteiger partial charge in [-0.05, 0) is 41.3 Å². The number of benzene rings is 3. The molecule has 0 fully saturated rings. The normalized spacial score (nSPS) is 10.6. The molecule has 27 heavy (non-hydrogen) atoms. The summed E-state index contributed by atoms with van der Waals surface area (Å²) in [5, 5.41) is 2.94. The van der Waals surface area contributed by atoms with Gasteiger partial charge in [-0.25, -0.2) is 0 Å². The van der Waals surface area contributed by atoms with Gasteiger partial charge in [0.2, 0.25) is 0 Å². The van der Waals surface area contributed by atoms with Gasteiger partial charge in [-0.15, -0.1) is 0 Å². The molecule has 0 atom stereocenters. The van der Waals surface area contributed by atoms with E-state index in [0.29, 0.717) is 18.1 Å². The fourth-order valence-corrected chi connectivity index (χ4v) is 2.82. The predicted octanol–water partition coefficient (Wildman–Crippen LogP) is 5.68. The molecule has 3 heteroatoms. The number of anilines is 1. The third-order valence-corrected chi connectivity index (χ3v) is 4.43. The molecule has 0 heterocycles. The lowest BCUT2D eigenvalue weighted by atomic mass is 10.0. The standard InChI is InChI=1S/C24H25NO2/c1-18(2)20-11-13-21(14-12-20)24(26)25-22-9-6-10-23(17-22)27-16-15-19-7-4-3-5-8-19/h3-14,17-18H,15-16H2,1-2H3,(H,25,26). The van der Waals surface area contributed by atoms with E-state index in [9.17, 15) is 4.79 Å². The molecule has 0 aliphatic carbocycles. The van der Waals surface area contributed by atoms with Crippen molar-refractivity contribution in [2.45, 2.75) is 26.2 Å². The van der Waals surface area contributed by atoms with Crippen molar-refractivity contribution in [3.63, 3.8) is 0 Å². The van der Waals surface area contributed by atoms with Crippen molar-refractivity contribution in [2.75, 3.05) is 11.9 Å². The van der Waals surface area contributed by atoms with Crippen LogP contribution in [0.2, 0.25) is 0 Å². The molecule has 0 bridgehead atoms. The van der Waals surface area contributed by atoms with Crippen molar-refractivity contribution in [2.24, 2.45) is 0 Å². The predicted molar refractivity (Wildman–Crippen MR) is 111 cm³/mol. The zero-order chi connectivity index (χ0) is 19.1. The Morgan fingerprint density at radius 1 is 0.926 bits per heavy atom. The minimum atomic E-state index is -0.119. The number of amides is 1. The second-order valence-electron chi connectivity index (χ2n) is 6.84. The molecule has 0 aliphatic rings. The summed E-state index contributed by atoms with van der Waals surface area (Å²) < 4.78 is 5.83. The lowest BCUT2D eigenvalue weighted by Crippen LogP contribution is -2.12. The monoisotopic (exact) mass is 359 g/mol. The van der Waals surface area contributed by atoms with E-state index in [4.69, 9.17) is 4.74 Å². The number of ether oxygens (including phenoxy) is 1. The second kappa shape index (κ2) is 9.04. The van der Waals surface area contributed by atoms with Crippen LogP contribution in [-0.4, -0.2) is 12.5 Å². The van der Waals surface area contributed by atoms with Crippen LogP contribution < -0.4 is 10.1 Å². The summed E-state index contributed by atoms with van der Waals surface area (Å²) in [6.45, 7) is 4.87. The molecular weight excluding hydrogens is 334 g/mol. The van der Waals surface area contributed by atoms with Gasteiger partial charge in [0.15, 0.2) is 0 Å². The Bertz CT molecular complexity index is 870. The van der Waals surface area contributed by atoms with Crippen molar-refractivity contribution in [1.82, 2.24) is 0 Å². The smallest absolute Gasteiger partial charge is 0.255 e. The highest BCUT2D eigenvalue weighted by molar-refractivity contribution is 6.04. The van der Waals surface area contributed by atoms with E-state index in [2.05, 4.69) is 31.3 Å². The van der Waals surface area contributed by atoms with Gasteiger partial charge in [0.25, 0.3) is 5.91 Å². The quantitative estimate of drug-likeness (QED) is 0.589. The van der Waals surface area contributed by atoms with Gasteiger partial charge in [-0.3, -0.25) is 4.79 Å². The maximum absolute atomic E-state index is 12.5. The molecule has 3 aromatic carbocycles. The number of carbonyl (C=O) groups is 1. The third kappa shape index (κ3) is 5.45. The zero-order valence-electron chi connectivity index (χ0n) is 15.8. The van der Waals surface area contributed by atoms with E-state index in [1.165, 1.54) is 11.1 Å². The molecule has 0 spiro atoms. The van der Waals surface area contributed by atoms with E-state index >= 15 is 0 Å². The Balaban J connectivity index is 1.57. The van der Waals surface area contributed by atoms with Crippen LogP contribution in [0.3, 0.4) is 0 Å². The van der Waals surface area contributed by atoms with Crippen LogP contribution in [0, 0.1) is 0 Å². The average Bonchev–Trinajstić information content (AvgIpc) is 2.69. The van der Waals surface area contributed by atoms with E-state index in [0.717, 1.165) is 17.9 Å². The Labute approximate surface area is 161 Å². The Morgan fingerprint density at radius 2 is 1.67 bits per heavy atom. The Kier molecular flexibility index (Phi) is 6.26. The number of rotatable bonds is 7. The first-order valence-electron chi connectivity index (χ1n) is 9.30. The zero-order valence-corrected chi connectivity index (χ0v) is 15.8. The van der Waals surface area contributed by atoms with Crippen LogP contribution in [0.1, 0.15) is 41.3 Å². The minimum Gasteiger partial charge on any atom is -0.493 e. The summed E-state index contributed by atoms with van der Waals surface area (Å²) in [4.78, 5) is 12.5. The molecule has 0 saturated heterocycles. The first-order valence-corrected chi connectivity index (χ1v) is 9.30. The Morgan fingerprint density at radius 3 is 2.37 bits per heavy atom. The van der Waals surface area contributed by atoms with Gasteiger partial charge in [0.05, 0.1) is 6.61 Å². The first-order chi connectivity index (χ1) is 13.1. The first kappa shape index (κ1) is 18.7. The summed E-state index contributed by atoms with van der Waals surface area (Å²) in [5.74, 6) is 1.08. The number of hydrogen-bond donors (Lipinski definition) is 1. The van der Waals surface area contributed by atoms with E-state index in [-0.39, 0.29) is 5.91 Å². The van der Waals surface area contributed by atoms with E-state index < -0.39 is 0 Å². The largest absolute Gasteiger partial charge is 0.493 e. The number of hydrogen-bond acceptors (Lipinski definition) is 2. The summed E-state index contributed by atoms with van der Waals surface area (Å²) in [7, 11) is 0. The van der Waals surface area contributed by atoms with E-state index in [1.807, 2.05) is 66.7 Å². The van der Waals surface area contributed by atoms with Crippen molar-refractivity contribution < 1.29 is 9.53 Å². The Hall–Kier alpha value is -3.07. The lowest BCUT2D eigenvalue weighted by molar-refractivity contribution is 0.102. The second-order valence-corrected chi connectivity index (χ2v) is 6.84. The molecule has 3 aromatic rings. The number of carbonyl (C=O) groups excluding carboxylic acids is 1. The molecule has 1 amide bonds.